The second-order valence-electron chi connectivity index (χ2n) is 11.4. The fourth-order valence-corrected chi connectivity index (χ4v) is 6.69. The van der Waals surface area contributed by atoms with Gasteiger partial charge in [-0.05, 0) is 75.6 Å². The molecule has 2 aliphatic heterocycles. The molecule has 0 bridgehead atoms. The van der Waals surface area contributed by atoms with Crippen LogP contribution in [0.25, 0.3) is 0 Å². The summed E-state index contributed by atoms with van der Waals surface area (Å²) in [5.74, 6) is -2.19. The van der Waals surface area contributed by atoms with E-state index in [1.165, 1.54) is 29.2 Å². The number of hydrogen-bond acceptors (Lipinski definition) is 6. The zero-order chi connectivity index (χ0) is 29.2. The van der Waals surface area contributed by atoms with E-state index in [4.69, 9.17) is 11.6 Å². The van der Waals surface area contributed by atoms with E-state index >= 15 is 0 Å². The number of fused-ring (bicyclic) bond motifs is 2. The standard InChI is InChI=1S/C28H36ClN5O6S/c29-20-12-14-21(15-13-20)32-41(39,40)33-27(38)28-17-19(28)7-4-2-1-3-5-8-22(30-24(35)18-10-11-18)26(37)34-16-6-9-23(34)25(36)31-28/h4,7,12-15,18-19,22-23,32H,1-3,5-6,8-11,16-17H2,(H,30,35)(H,31,36)(H,33,38)/b7-4-/t19-,22+,23+,28-/m1/s1. The largest absolute Gasteiger partial charge is 0.344 e. The molecule has 0 unspecified atom stereocenters. The number of anilines is 1. The number of halogens is 1. The summed E-state index contributed by atoms with van der Waals surface area (Å²) >= 11 is 5.87. The number of allylic oxidation sites excluding steroid dienone is 1. The van der Waals surface area contributed by atoms with Crippen molar-refractivity contribution in [3.8, 4) is 0 Å². The van der Waals surface area contributed by atoms with E-state index in [1.807, 2.05) is 12.2 Å². The van der Waals surface area contributed by atoms with Gasteiger partial charge in [0, 0.05) is 23.4 Å². The summed E-state index contributed by atoms with van der Waals surface area (Å²) in [5, 5.41) is 6.16. The van der Waals surface area contributed by atoms with Gasteiger partial charge in [-0.3, -0.25) is 23.9 Å². The molecule has 222 valence electrons. The fraction of sp³-hybridized carbons (Fsp3) is 0.571. The first-order valence-corrected chi connectivity index (χ1v) is 16.1. The van der Waals surface area contributed by atoms with E-state index in [0.29, 0.717) is 30.8 Å². The van der Waals surface area contributed by atoms with Crippen LogP contribution in [0.4, 0.5) is 5.69 Å². The number of carbonyl (C=O) groups excluding carboxylic acids is 4. The second-order valence-corrected chi connectivity index (χ2v) is 13.3. The first-order valence-electron chi connectivity index (χ1n) is 14.3. The van der Waals surface area contributed by atoms with E-state index in [1.54, 1.807) is 0 Å². The average molecular weight is 606 g/mol. The molecule has 2 saturated carbocycles. The first-order chi connectivity index (χ1) is 19.6. The van der Waals surface area contributed by atoms with Crippen LogP contribution in [-0.4, -0.2) is 61.1 Å². The first kappa shape index (κ1) is 29.4. The van der Waals surface area contributed by atoms with Crippen LogP contribution in [0.3, 0.4) is 0 Å². The molecule has 4 aliphatic rings. The molecular weight excluding hydrogens is 570 g/mol. The summed E-state index contributed by atoms with van der Waals surface area (Å²) in [4.78, 5) is 54.7. The Morgan fingerprint density at radius 2 is 1.76 bits per heavy atom. The van der Waals surface area contributed by atoms with Crippen molar-refractivity contribution in [1.82, 2.24) is 20.3 Å². The third-order valence-corrected chi connectivity index (χ3v) is 9.43. The van der Waals surface area contributed by atoms with Crippen molar-refractivity contribution in [1.29, 1.82) is 0 Å². The van der Waals surface area contributed by atoms with Crippen molar-refractivity contribution in [3.05, 3.63) is 41.4 Å². The molecular formula is C28H36ClN5O6S. The van der Waals surface area contributed by atoms with Gasteiger partial charge < -0.3 is 15.5 Å². The van der Waals surface area contributed by atoms with Gasteiger partial charge in [0.1, 0.15) is 17.6 Å². The summed E-state index contributed by atoms with van der Waals surface area (Å²) < 4.78 is 29.9. The zero-order valence-corrected chi connectivity index (χ0v) is 24.3. The number of hydrogen-bond donors (Lipinski definition) is 4. The topological polar surface area (TPSA) is 154 Å². The molecule has 4 amide bonds. The van der Waals surface area contributed by atoms with Crippen LogP contribution in [0.5, 0.6) is 0 Å². The molecule has 4 atom stereocenters. The number of nitrogens with one attached hydrogen (secondary N) is 4. The van der Waals surface area contributed by atoms with Gasteiger partial charge in [0.05, 0.1) is 5.69 Å². The summed E-state index contributed by atoms with van der Waals surface area (Å²) in [6.45, 7) is 0.370. The Bertz CT molecular complexity index is 1330. The number of benzene rings is 1. The minimum absolute atomic E-state index is 0.0437. The number of amides is 4. The maximum Gasteiger partial charge on any atom is 0.323 e. The average Bonchev–Trinajstić information content (AvgIpc) is 3.84. The van der Waals surface area contributed by atoms with Gasteiger partial charge in [-0.1, -0.05) is 36.6 Å². The van der Waals surface area contributed by atoms with Gasteiger partial charge in [-0.15, -0.1) is 0 Å². The highest BCUT2D eigenvalue weighted by Crippen LogP contribution is 2.45. The minimum atomic E-state index is -4.31. The summed E-state index contributed by atoms with van der Waals surface area (Å²) in [5.41, 5.74) is -1.24. The third kappa shape index (κ3) is 7.03. The molecule has 11 nitrogen and oxygen atoms in total. The van der Waals surface area contributed by atoms with Crippen molar-refractivity contribution in [3.63, 3.8) is 0 Å². The van der Waals surface area contributed by atoms with Crippen LogP contribution in [0, 0.1) is 11.8 Å². The van der Waals surface area contributed by atoms with Crippen molar-refractivity contribution >= 4 is 51.1 Å². The van der Waals surface area contributed by atoms with Crippen LogP contribution in [0.1, 0.15) is 64.2 Å². The highest BCUT2D eigenvalue weighted by molar-refractivity contribution is 7.91. The molecule has 1 saturated heterocycles. The van der Waals surface area contributed by atoms with Gasteiger partial charge >= 0.3 is 10.2 Å². The lowest BCUT2D eigenvalue weighted by molar-refractivity contribution is -0.142. The van der Waals surface area contributed by atoms with Crippen LogP contribution < -0.4 is 20.1 Å². The summed E-state index contributed by atoms with van der Waals surface area (Å²) in [6, 6.07) is 4.44. The van der Waals surface area contributed by atoms with Crippen LogP contribution >= 0.6 is 11.6 Å². The highest BCUT2D eigenvalue weighted by atomic mass is 35.5. The molecule has 0 aromatic heterocycles. The van der Waals surface area contributed by atoms with Crippen molar-refractivity contribution in [2.75, 3.05) is 11.3 Å². The van der Waals surface area contributed by atoms with Gasteiger partial charge in [-0.25, -0.2) is 4.72 Å². The zero-order valence-electron chi connectivity index (χ0n) is 22.7. The molecule has 1 aromatic carbocycles. The molecule has 5 rings (SSSR count). The smallest absolute Gasteiger partial charge is 0.323 e. The Kier molecular flexibility index (Phi) is 8.60. The molecule has 3 fully saturated rings. The third-order valence-electron chi connectivity index (χ3n) is 8.22. The van der Waals surface area contributed by atoms with Gasteiger partial charge in [0.15, 0.2) is 0 Å². The predicted molar refractivity (Wildman–Crippen MR) is 153 cm³/mol. The maximum absolute atomic E-state index is 13.6. The Labute approximate surface area is 245 Å². The number of nitrogens with zero attached hydrogens (tertiary/aromatic N) is 1. The minimum Gasteiger partial charge on any atom is -0.344 e. The monoisotopic (exact) mass is 605 g/mol. The molecule has 1 aromatic rings. The Morgan fingerprint density at radius 1 is 1.00 bits per heavy atom. The lowest BCUT2D eigenvalue weighted by Crippen LogP contribution is -2.58. The van der Waals surface area contributed by atoms with Gasteiger partial charge in [0.25, 0.3) is 5.91 Å². The number of carbonyl (C=O) groups is 4. The van der Waals surface area contributed by atoms with E-state index in [9.17, 15) is 27.6 Å². The molecule has 41 heavy (non-hydrogen) atoms. The summed E-state index contributed by atoms with van der Waals surface area (Å²) in [6.07, 6.45) is 10.4. The van der Waals surface area contributed by atoms with Crippen molar-refractivity contribution < 1.29 is 27.6 Å². The molecule has 2 aliphatic carbocycles. The lowest BCUT2D eigenvalue weighted by atomic mass is 10.0. The lowest BCUT2D eigenvalue weighted by Gasteiger charge is -2.30. The number of rotatable bonds is 6. The van der Waals surface area contributed by atoms with Crippen LogP contribution in [0.2, 0.25) is 5.02 Å². The molecule has 0 spiro atoms. The van der Waals surface area contributed by atoms with Crippen molar-refractivity contribution in [2.45, 2.75) is 81.8 Å². The van der Waals surface area contributed by atoms with E-state index in [0.717, 1.165) is 38.5 Å². The Balaban J connectivity index is 1.33. The van der Waals surface area contributed by atoms with E-state index in [-0.39, 0.29) is 29.8 Å². The quantitative estimate of drug-likeness (QED) is 0.365. The van der Waals surface area contributed by atoms with Crippen LogP contribution in [0.15, 0.2) is 36.4 Å². The molecule has 0 radical (unpaired) electrons. The summed E-state index contributed by atoms with van der Waals surface area (Å²) in [7, 11) is -4.31. The van der Waals surface area contributed by atoms with E-state index in [2.05, 4.69) is 20.1 Å². The van der Waals surface area contributed by atoms with E-state index < -0.39 is 45.6 Å². The fourth-order valence-electron chi connectivity index (χ4n) is 5.64. The van der Waals surface area contributed by atoms with Gasteiger partial charge in [-0.2, -0.15) is 8.42 Å². The SMILES string of the molecule is O=C(N[C@H]1CCCCC/C=C\[C@@H]2C[C@@]2(C(=O)NS(=O)(=O)Nc2ccc(Cl)cc2)NC(=O)[C@@H]2CCCN2C1=O)C1CC1. The normalized spacial score (nSPS) is 29.6. The van der Waals surface area contributed by atoms with Crippen LogP contribution in [-0.2, 0) is 29.4 Å². The second kappa shape index (κ2) is 12.0. The highest BCUT2D eigenvalue weighted by Gasteiger charge is 2.61. The van der Waals surface area contributed by atoms with Crippen molar-refractivity contribution in [2.24, 2.45) is 11.8 Å². The molecule has 4 N–H and O–H groups in total. The predicted octanol–water partition coefficient (Wildman–Crippen LogP) is 2.39. The van der Waals surface area contributed by atoms with Gasteiger partial charge in [0.2, 0.25) is 17.7 Å². The maximum atomic E-state index is 13.6. The molecule has 2 heterocycles. The Morgan fingerprint density at radius 3 is 2.49 bits per heavy atom. The Hall–Kier alpha value is -3.12. The molecule has 13 heteroatoms.